The normalized spacial score (nSPS) is 16.5. The van der Waals surface area contributed by atoms with Gasteiger partial charge in [0.05, 0.1) is 29.8 Å². The molecule has 0 bridgehead atoms. The van der Waals surface area contributed by atoms with Crippen LogP contribution in [0.15, 0.2) is 47.6 Å². The minimum Gasteiger partial charge on any atom is -0.379 e. The maximum absolute atomic E-state index is 13.1. The number of sulfonamides is 1. The highest BCUT2D eigenvalue weighted by Crippen LogP contribution is 2.19. The summed E-state index contributed by atoms with van der Waals surface area (Å²) in [5.41, 5.74) is 2.88. The average molecular weight is 472 g/mol. The number of hydrogen-bond acceptors (Lipinski definition) is 6. The molecule has 0 unspecified atom stereocenters. The molecule has 178 valence electrons. The van der Waals surface area contributed by atoms with Gasteiger partial charge in [0.1, 0.15) is 11.3 Å². The van der Waals surface area contributed by atoms with Crippen LogP contribution in [0.5, 0.6) is 0 Å². The van der Waals surface area contributed by atoms with Crippen molar-refractivity contribution in [2.24, 2.45) is 5.92 Å². The highest BCUT2D eigenvalue weighted by Gasteiger charge is 2.24. The molecule has 4 rings (SSSR count). The number of fused-ring (bicyclic) bond motifs is 1. The molecule has 0 aliphatic carbocycles. The number of aryl methyl sites for hydroxylation is 1. The van der Waals surface area contributed by atoms with Crippen LogP contribution >= 0.6 is 0 Å². The molecular weight excluding hydrogens is 438 g/mol. The number of rotatable bonds is 9. The van der Waals surface area contributed by atoms with Gasteiger partial charge in [-0.05, 0) is 43.0 Å². The van der Waals surface area contributed by atoms with Crippen molar-refractivity contribution in [3.63, 3.8) is 0 Å². The standard InChI is InChI=1S/C24H33N5O3S/c1-18(2)14-21(17-28-10-12-32-13-11-28)27-33(30,31)22-6-4-20(5-7-22)16-29-19(3)26-23-15-25-9-8-24(23)29/h4-9,15,18,21,27H,10-14,16-17H2,1-3H3/t21-/m0/s1. The van der Waals surface area contributed by atoms with Crippen molar-refractivity contribution in [1.29, 1.82) is 0 Å². The first-order chi connectivity index (χ1) is 15.8. The molecule has 8 nitrogen and oxygen atoms in total. The smallest absolute Gasteiger partial charge is 0.240 e. The van der Waals surface area contributed by atoms with Gasteiger partial charge >= 0.3 is 0 Å². The maximum atomic E-state index is 13.1. The summed E-state index contributed by atoms with van der Waals surface area (Å²) >= 11 is 0. The Kier molecular flexibility index (Phi) is 7.43. The first-order valence-electron chi connectivity index (χ1n) is 11.5. The van der Waals surface area contributed by atoms with Crippen LogP contribution in [0.25, 0.3) is 11.0 Å². The third kappa shape index (κ3) is 5.97. The first kappa shape index (κ1) is 23.8. The van der Waals surface area contributed by atoms with Gasteiger partial charge in [-0.25, -0.2) is 18.1 Å². The number of nitrogens with zero attached hydrogens (tertiary/aromatic N) is 4. The highest BCUT2D eigenvalue weighted by molar-refractivity contribution is 7.89. The van der Waals surface area contributed by atoms with Crippen molar-refractivity contribution in [2.75, 3.05) is 32.8 Å². The van der Waals surface area contributed by atoms with Crippen molar-refractivity contribution in [1.82, 2.24) is 24.2 Å². The zero-order chi connectivity index (χ0) is 23.4. The molecule has 0 radical (unpaired) electrons. The van der Waals surface area contributed by atoms with Gasteiger partial charge in [-0.2, -0.15) is 0 Å². The monoisotopic (exact) mass is 471 g/mol. The van der Waals surface area contributed by atoms with Crippen LogP contribution in [0.2, 0.25) is 0 Å². The summed E-state index contributed by atoms with van der Waals surface area (Å²) in [6.07, 6.45) is 4.30. The molecule has 3 heterocycles. The topological polar surface area (TPSA) is 89.3 Å². The Hall–Kier alpha value is -2.33. The van der Waals surface area contributed by atoms with Crippen LogP contribution in [-0.2, 0) is 21.3 Å². The van der Waals surface area contributed by atoms with Crippen molar-refractivity contribution >= 4 is 21.1 Å². The summed E-state index contributed by atoms with van der Waals surface area (Å²) in [4.78, 5) is 11.2. The molecule has 0 spiro atoms. The molecule has 1 aromatic carbocycles. The van der Waals surface area contributed by atoms with E-state index in [2.05, 4.69) is 38.0 Å². The lowest BCUT2D eigenvalue weighted by molar-refractivity contribution is 0.0337. The number of ether oxygens (including phenoxy) is 1. The minimum absolute atomic E-state index is 0.138. The molecule has 1 atom stereocenters. The molecule has 1 fully saturated rings. The fourth-order valence-corrected chi connectivity index (χ4v) is 5.61. The molecule has 1 aliphatic heterocycles. The summed E-state index contributed by atoms with van der Waals surface area (Å²) in [6, 6.07) is 8.94. The summed E-state index contributed by atoms with van der Waals surface area (Å²) in [6.45, 7) is 10.6. The number of hydrogen-bond donors (Lipinski definition) is 1. The van der Waals surface area contributed by atoms with Gasteiger partial charge in [0, 0.05) is 38.4 Å². The van der Waals surface area contributed by atoms with E-state index in [9.17, 15) is 8.42 Å². The molecule has 1 aliphatic rings. The fourth-order valence-electron chi connectivity index (χ4n) is 4.37. The predicted octanol–water partition coefficient (Wildman–Crippen LogP) is 2.81. The Morgan fingerprint density at radius 3 is 2.55 bits per heavy atom. The number of imidazole rings is 1. The number of nitrogens with one attached hydrogen (secondary N) is 1. The van der Waals surface area contributed by atoms with Crippen molar-refractivity contribution in [2.45, 2.75) is 44.7 Å². The largest absolute Gasteiger partial charge is 0.379 e. The number of morpholine rings is 1. The summed E-state index contributed by atoms with van der Waals surface area (Å²) in [5.74, 6) is 1.29. The molecule has 2 aromatic heterocycles. The second-order valence-corrected chi connectivity index (χ2v) is 10.8. The highest BCUT2D eigenvalue weighted by atomic mass is 32.2. The van der Waals surface area contributed by atoms with E-state index in [1.807, 2.05) is 25.1 Å². The van der Waals surface area contributed by atoms with Crippen molar-refractivity contribution < 1.29 is 13.2 Å². The van der Waals surface area contributed by atoms with Gasteiger partial charge in [0.25, 0.3) is 0 Å². The quantitative estimate of drug-likeness (QED) is 0.516. The average Bonchev–Trinajstić information content (AvgIpc) is 3.09. The zero-order valence-electron chi connectivity index (χ0n) is 19.6. The van der Waals surface area contributed by atoms with E-state index in [0.717, 1.165) is 41.9 Å². The molecule has 1 saturated heterocycles. The number of benzene rings is 1. The molecule has 33 heavy (non-hydrogen) atoms. The molecule has 1 N–H and O–H groups in total. The molecule has 9 heteroatoms. The summed E-state index contributed by atoms with van der Waals surface area (Å²) in [7, 11) is -3.61. The van der Waals surface area contributed by atoms with E-state index in [-0.39, 0.29) is 6.04 Å². The van der Waals surface area contributed by atoms with E-state index in [4.69, 9.17) is 4.74 Å². The molecule has 0 saturated carbocycles. The molecule has 0 amide bonds. The number of pyridine rings is 1. The SMILES string of the molecule is Cc1nc2cnccc2n1Cc1ccc(S(=O)(=O)N[C@@H](CC(C)C)CN2CCOCC2)cc1. The predicted molar refractivity (Wildman–Crippen MR) is 129 cm³/mol. The number of aromatic nitrogens is 3. The minimum atomic E-state index is -3.61. The van der Waals surface area contributed by atoms with Gasteiger partial charge < -0.3 is 9.30 Å². The fraction of sp³-hybridized carbons (Fsp3) is 0.500. The van der Waals surface area contributed by atoms with E-state index in [1.54, 1.807) is 24.5 Å². The second kappa shape index (κ2) is 10.3. The Morgan fingerprint density at radius 2 is 1.85 bits per heavy atom. The van der Waals surface area contributed by atoms with E-state index < -0.39 is 10.0 Å². The van der Waals surface area contributed by atoms with Crippen LogP contribution in [0.4, 0.5) is 0 Å². The van der Waals surface area contributed by atoms with Crippen molar-refractivity contribution in [3.8, 4) is 0 Å². The van der Waals surface area contributed by atoms with Gasteiger partial charge in [-0.15, -0.1) is 0 Å². The first-order valence-corrected chi connectivity index (χ1v) is 13.0. The maximum Gasteiger partial charge on any atom is 0.240 e. The van der Waals surface area contributed by atoms with Gasteiger partial charge in [-0.3, -0.25) is 9.88 Å². The van der Waals surface area contributed by atoms with Crippen LogP contribution in [0, 0.1) is 12.8 Å². The third-order valence-electron chi connectivity index (χ3n) is 5.98. The molecule has 3 aromatic rings. The Bertz CT molecular complexity index is 1170. The van der Waals surface area contributed by atoms with E-state index >= 15 is 0 Å². The van der Waals surface area contributed by atoms with Gasteiger partial charge in [0.15, 0.2) is 0 Å². The summed E-state index contributed by atoms with van der Waals surface area (Å²) < 4.78 is 36.8. The van der Waals surface area contributed by atoms with Crippen molar-refractivity contribution in [3.05, 3.63) is 54.1 Å². The van der Waals surface area contributed by atoms with Crippen LogP contribution in [0.1, 0.15) is 31.7 Å². The lowest BCUT2D eigenvalue weighted by Gasteiger charge is -2.31. The van der Waals surface area contributed by atoms with Crippen LogP contribution < -0.4 is 4.72 Å². The Morgan fingerprint density at radius 1 is 1.12 bits per heavy atom. The van der Waals surface area contributed by atoms with E-state index in [0.29, 0.717) is 37.1 Å². The zero-order valence-corrected chi connectivity index (χ0v) is 20.4. The van der Waals surface area contributed by atoms with E-state index in [1.165, 1.54) is 0 Å². The molecular formula is C24H33N5O3S. The van der Waals surface area contributed by atoms with Crippen LogP contribution in [-0.4, -0.2) is 66.7 Å². The lowest BCUT2D eigenvalue weighted by Crippen LogP contribution is -2.47. The van der Waals surface area contributed by atoms with Gasteiger partial charge in [-0.1, -0.05) is 26.0 Å². The Labute approximate surface area is 196 Å². The van der Waals surface area contributed by atoms with Gasteiger partial charge in [0.2, 0.25) is 10.0 Å². The third-order valence-corrected chi connectivity index (χ3v) is 7.51. The Balaban J connectivity index is 1.47. The lowest BCUT2D eigenvalue weighted by atomic mass is 10.0. The second-order valence-electron chi connectivity index (χ2n) is 9.11. The van der Waals surface area contributed by atoms with Crippen LogP contribution in [0.3, 0.4) is 0 Å². The summed E-state index contributed by atoms with van der Waals surface area (Å²) in [5, 5.41) is 0.